The summed E-state index contributed by atoms with van der Waals surface area (Å²) in [6.45, 7) is 0.649. The monoisotopic (exact) mass is 313 g/mol. The quantitative estimate of drug-likeness (QED) is 0.919. The largest absolute Gasteiger partial charge is 0.497 e. The molecule has 0 bridgehead atoms. The molecule has 1 amide bonds. The molecule has 1 N–H and O–H groups in total. The fourth-order valence-corrected chi connectivity index (χ4v) is 3.08. The minimum absolute atomic E-state index is 0.130. The van der Waals surface area contributed by atoms with Crippen molar-refractivity contribution in [3.05, 3.63) is 42.2 Å². The molecule has 3 rings (SSSR count). The molecule has 122 valence electrons. The van der Waals surface area contributed by atoms with Crippen LogP contribution in [0.1, 0.15) is 37.7 Å². The number of nitrogens with one attached hydrogen (secondary N) is 1. The number of hydrogen-bond acceptors (Lipinski definition) is 3. The van der Waals surface area contributed by atoms with Crippen molar-refractivity contribution in [2.24, 2.45) is 5.92 Å². The summed E-state index contributed by atoms with van der Waals surface area (Å²) in [5.41, 5.74) is 1.88. The van der Waals surface area contributed by atoms with Crippen LogP contribution in [0.25, 0.3) is 0 Å². The third kappa shape index (κ3) is 4.12. The van der Waals surface area contributed by atoms with Crippen LogP contribution in [0.2, 0.25) is 0 Å². The van der Waals surface area contributed by atoms with E-state index < -0.39 is 0 Å². The van der Waals surface area contributed by atoms with Gasteiger partial charge in [0.2, 0.25) is 5.91 Å². The molecule has 0 unspecified atom stereocenters. The molecule has 1 heterocycles. The lowest BCUT2D eigenvalue weighted by Crippen LogP contribution is -2.24. The topological polar surface area (TPSA) is 56.1 Å². The van der Waals surface area contributed by atoms with Crippen molar-refractivity contribution in [2.75, 3.05) is 12.4 Å². The van der Waals surface area contributed by atoms with Gasteiger partial charge in [-0.15, -0.1) is 0 Å². The van der Waals surface area contributed by atoms with Gasteiger partial charge in [-0.1, -0.05) is 31.4 Å². The van der Waals surface area contributed by atoms with Gasteiger partial charge in [0.15, 0.2) is 0 Å². The van der Waals surface area contributed by atoms with E-state index in [0.717, 1.165) is 42.7 Å². The molecule has 0 aliphatic heterocycles. The Balaban J connectivity index is 1.60. The van der Waals surface area contributed by atoms with Gasteiger partial charge < -0.3 is 10.1 Å². The van der Waals surface area contributed by atoms with Gasteiger partial charge in [-0.05, 0) is 30.5 Å². The van der Waals surface area contributed by atoms with Crippen molar-refractivity contribution in [2.45, 2.75) is 38.6 Å². The van der Waals surface area contributed by atoms with Crippen molar-refractivity contribution in [3.63, 3.8) is 0 Å². The van der Waals surface area contributed by atoms with Gasteiger partial charge in [0.1, 0.15) is 5.75 Å². The van der Waals surface area contributed by atoms with Crippen LogP contribution in [0.4, 0.5) is 5.69 Å². The molecule has 1 aliphatic carbocycles. The third-order valence-electron chi connectivity index (χ3n) is 4.36. The molecule has 23 heavy (non-hydrogen) atoms. The number of carbonyl (C=O) groups excluding carboxylic acids is 1. The van der Waals surface area contributed by atoms with Gasteiger partial charge in [0, 0.05) is 12.1 Å². The Kier molecular flexibility index (Phi) is 4.95. The number of anilines is 1. The van der Waals surface area contributed by atoms with Crippen LogP contribution in [-0.4, -0.2) is 22.8 Å². The van der Waals surface area contributed by atoms with Gasteiger partial charge >= 0.3 is 0 Å². The molecule has 5 heteroatoms. The summed E-state index contributed by atoms with van der Waals surface area (Å²) in [5.74, 6) is 1.12. The maximum Gasteiger partial charge on any atom is 0.227 e. The van der Waals surface area contributed by atoms with E-state index in [1.54, 1.807) is 13.3 Å². The standard InChI is InChI=1S/C18H23N3O2/c1-23-17-9-5-6-14(10-17)12-21-13-16(11-19-21)20-18(22)15-7-3-2-4-8-15/h5-6,9-11,13,15H,2-4,7-8,12H2,1H3,(H,20,22). The van der Waals surface area contributed by atoms with Gasteiger partial charge in [-0.2, -0.15) is 5.10 Å². The highest BCUT2D eigenvalue weighted by atomic mass is 16.5. The predicted octanol–water partition coefficient (Wildman–Crippen LogP) is 3.46. The summed E-state index contributed by atoms with van der Waals surface area (Å²) in [7, 11) is 1.66. The van der Waals surface area contributed by atoms with Crippen LogP contribution in [0, 0.1) is 5.92 Å². The number of methoxy groups -OCH3 is 1. The number of benzene rings is 1. The SMILES string of the molecule is COc1cccc(Cn2cc(NC(=O)C3CCCCC3)cn2)c1. The summed E-state index contributed by atoms with van der Waals surface area (Å²) in [5, 5.41) is 7.32. The Morgan fingerprint density at radius 3 is 2.96 bits per heavy atom. The van der Waals surface area contributed by atoms with Gasteiger partial charge in [-0.25, -0.2) is 0 Å². The number of aromatic nitrogens is 2. The van der Waals surface area contributed by atoms with Crippen LogP contribution in [-0.2, 0) is 11.3 Å². The second kappa shape index (κ2) is 7.31. The number of ether oxygens (including phenoxy) is 1. The van der Waals surface area contributed by atoms with Crippen molar-refractivity contribution in [1.29, 1.82) is 0 Å². The van der Waals surface area contributed by atoms with E-state index in [4.69, 9.17) is 4.74 Å². The van der Waals surface area contributed by atoms with Crippen LogP contribution in [0.5, 0.6) is 5.75 Å². The van der Waals surface area contributed by atoms with Crippen molar-refractivity contribution in [3.8, 4) is 5.75 Å². The molecule has 0 radical (unpaired) electrons. The van der Waals surface area contributed by atoms with E-state index in [9.17, 15) is 4.79 Å². The van der Waals surface area contributed by atoms with Crippen LogP contribution in [0.15, 0.2) is 36.7 Å². The molecule has 1 saturated carbocycles. The average molecular weight is 313 g/mol. The number of nitrogens with zero attached hydrogens (tertiary/aromatic N) is 2. The van der Waals surface area contributed by atoms with Gasteiger partial charge in [0.05, 0.1) is 25.5 Å². The number of rotatable bonds is 5. The Hall–Kier alpha value is -2.30. The van der Waals surface area contributed by atoms with Crippen molar-refractivity contribution in [1.82, 2.24) is 9.78 Å². The molecule has 5 nitrogen and oxygen atoms in total. The Morgan fingerprint density at radius 1 is 1.35 bits per heavy atom. The van der Waals surface area contributed by atoms with E-state index in [-0.39, 0.29) is 11.8 Å². The number of amides is 1. The van der Waals surface area contributed by atoms with E-state index in [1.807, 2.05) is 35.1 Å². The second-order valence-electron chi connectivity index (χ2n) is 6.10. The summed E-state index contributed by atoms with van der Waals surface area (Å²) in [6, 6.07) is 7.90. The van der Waals surface area contributed by atoms with Crippen LogP contribution < -0.4 is 10.1 Å². The smallest absolute Gasteiger partial charge is 0.227 e. The fraction of sp³-hybridized carbons (Fsp3) is 0.444. The van der Waals surface area contributed by atoms with E-state index in [1.165, 1.54) is 6.42 Å². The molecule has 0 spiro atoms. The van der Waals surface area contributed by atoms with E-state index in [2.05, 4.69) is 10.4 Å². The first-order valence-electron chi connectivity index (χ1n) is 8.21. The van der Waals surface area contributed by atoms with E-state index in [0.29, 0.717) is 6.54 Å². The Labute approximate surface area is 136 Å². The molecular weight excluding hydrogens is 290 g/mol. The fourth-order valence-electron chi connectivity index (χ4n) is 3.08. The Bertz CT molecular complexity index is 660. The zero-order valence-electron chi connectivity index (χ0n) is 13.5. The first-order valence-corrected chi connectivity index (χ1v) is 8.21. The predicted molar refractivity (Wildman–Crippen MR) is 89.5 cm³/mol. The molecule has 1 fully saturated rings. The normalized spacial score (nSPS) is 15.3. The van der Waals surface area contributed by atoms with Crippen LogP contribution >= 0.6 is 0 Å². The first kappa shape index (κ1) is 15.6. The van der Waals surface area contributed by atoms with Crippen LogP contribution in [0.3, 0.4) is 0 Å². The lowest BCUT2D eigenvalue weighted by atomic mass is 9.89. The first-order chi connectivity index (χ1) is 11.2. The van der Waals surface area contributed by atoms with Gasteiger partial charge in [-0.3, -0.25) is 9.48 Å². The highest BCUT2D eigenvalue weighted by molar-refractivity contribution is 5.92. The third-order valence-corrected chi connectivity index (χ3v) is 4.36. The molecule has 0 saturated heterocycles. The lowest BCUT2D eigenvalue weighted by Gasteiger charge is -2.20. The molecule has 0 atom stereocenters. The minimum Gasteiger partial charge on any atom is -0.497 e. The highest BCUT2D eigenvalue weighted by Crippen LogP contribution is 2.25. The molecular formula is C18H23N3O2. The number of hydrogen-bond donors (Lipinski definition) is 1. The molecule has 1 aromatic heterocycles. The maximum atomic E-state index is 12.3. The summed E-state index contributed by atoms with van der Waals surface area (Å²) >= 11 is 0. The lowest BCUT2D eigenvalue weighted by molar-refractivity contribution is -0.120. The zero-order valence-corrected chi connectivity index (χ0v) is 13.5. The summed E-state index contributed by atoms with van der Waals surface area (Å²) in [6.07, 6.45) is 9.16. The molecule has 1 aliphatic rings. The zero-order chi connectivity index (χ0) is 16.1. The molecule has 2 aromatic rings. The Morgan fingerprint density at radius 2 is 2.17 bits per heavy atom. The summed E-state index contributed by atoms with van der Waals surface area (Å²) in [4.78, 5) is 12.3. The summed E-state index contributed by atoms with van der Waals surface area (Å²) < 4.78 is 7.06. The average Bonchev–Trinajstić information content (AvgIpc) is 3.02. The highest BCUT2D eigenvalue weighted by Gasteiger charge is 2.21. The van der Waals surface area contributed by atoms with Crippen molar-refractivity contribution >= 4 is 11.6 Å². The molecule has 1 aromatic carbocycles. The second-order valence-corrected chi connectivity index (χ2v) is 6.10. The minimum atomic E-state index is 0.130. The maximum absolute atomic E-state index is 12.3. The van der Waals surface area contributed by atoms with Crippen molar-refractivity contribution < 1.29 is 9.53 Å². The van der Waals surface area contributed by atoms with E-state index >= 15 is 0 Å². The number of carbonyl (C=O) groups is 1. The van der Waals surface area contributed by atoms with Gasteiger partial charge in [0.25, 0.3) is 0 Å².